The molecule has 0 bridgehead atoms. The smallest absolute Gasteiger partial charge is 0.273 e. The molecule has 0 fully saturated rings. The lowest BCUT2D eigenvalue weighted by atomic mass is 10.1. The maximum absolute atomic E-state index is 11.7. The molecular formula is C12H11IN2O. The third-order valence-electron chi connectivity index (χ3n) is 2.36. The second-order valence-electron chi connectivity index (χ2n) is 3.55. The van der Waals surface area contributed by atoms with Crippen LogP contribution in [0.2, 0.25) is 0 Å². The van der Waals surface area contributed by atoms with Crippen LogP contribution in [0.3, 0.4) is 0 Å². The van der Waals surface area contributed by atoms with E-state index in [1.165, 1.54) is 11.8 Å². The Morgan fingerprint density at radius 2 is 2.25 bits per heavy atom. The van der Waals surface area contributed by atoms with Gasteiger partial charge in [0, 0.05) is 16.8 Å². The molecule has 0 atom stereocenters. The normalized spacial score (nSPS) is 10.4. The van der Waals surface area contributed by atoms with Crippen LogP contribution in [-0.2, 0) is 4.43 Å². The van der Waals surface area contributed by atoms with Crippen LogP contribution in [-0.4, -0.2) is 9.55 Å². The van der Waals surface area contributed by atoms with Crippen molar-refractivity contribution in [3.8, 4) is 5.69 Å². The molecule has 4 heteroatoms. The van der Waals surface area contributed by atoms with Crippen molar-refractivity contribution in [3.63, 3.8) is 0 Å². The third kappa shape index (κ3) is 2.16. The molecule has 2 rings (SSSR count). The van der Waals surface area contributed by atoms with E-state index < -0.39 is 0 Å². The van der Waals surface area contributed by atoms with Gasteiger partial charge in [-0.3, -0.25) is 14.3 Å². The molecule has 0 unspecified atom stereocenters. The zero-order valence-electron chi connectivity index (χ0n) is 8.85. The molecule has 82 valence electrons. The van der Waals surface area contributed by atoms with Crippen molar-refractivity contribution in [2.24, 2.45) is 0 Å². The molecule has 0 N–H and O–H groups in total. The van der Waals surface area contributed by atoms with E-state index >= 15 is 0 Å². The standard InChI is InChI=1S/C12H11IN2O/c1-9-2-3-11(10(6-9)7-13)15-5-4-14-8-12(15)16/h2-6,8H,7H2,1H3. The molecule has 1 heterocycles. The van der Waals surface area contributed by atoms with Crippen molar-refractivity contribution < 1.29 is 0 Å². The summed E-state index contributed by atoms with van der Waals surface area (Å²) < 4.78 is 2.50. The van der Waals surface area contributed by atoms with E-state index in [0.717, 1.165) is 15.7 Å². The van der Waals surface area contributed by atoms with Gasteiger partial charge in [-0.15, -0.1) is 0 Å². The van der Waals surface area contributed by atoms with Gasteiger partial charge in [-0.2, -0.15) is 0 Å². The zero-order valence-corrected chi connectivity index (χ0v) is 11.0. The van der Waals surface area contributed by atoms with Crippen molar-refractivity contribution in [1.82, 2.24) is 9.55 Å². The molecule has 2 aromatic rings. The van der Waals surface area contributed by atoms with Gasteiger partial charge in [0.1, 0.15) is 0 Å². The van der Waals surface area contributed by atoms with Crippen LogP contribution < -0.4 is 5.56 Å². The van der Waals surface area contributed by atoms with Gasteiger partial charge in [-0.25, -0.2) is 0 Å². The van der Waals surface area contributed by atoms with Crippen LogP contribution in [0, 0.1) is 6.92 Å². The summed E-state index contributed by atoms with van der Waals surface area (Å²) in [5.74, 6) is 0. The molecule has 16 heavy (non-hydrogen) atoms. The molecular weight excluding hydrogens is 315 g/mol. The minimum atomic E-state index is -0.0996. The second-order valence-corrected chi connectivity index (χ2v) is 4.31. The van der Waals surface area contributed by atoms with Crippen LogP contribution in [0.25, 0.3) is 5.69 Å². The Kier molecular flexibility index (Phi) is 3.38. The molecule has 0 saturated carbocycles. The van der Waals surface area contributed by atoms with Crippen LogP contribution in [0.1, 0.15) is 11.1 Å². The highest BCUT2D eigenvalue weighted by Crippen LogP contribution is 2.17. The van der Waals surface area contributed by atoms with Gasteiger partial charge in [0.25, 0.3) is 5.56 Å². The first-order chi connectivity index (χ1) is 7.72. The Labute approximate surface area is 107 Å². The summed E-state index contributed by atoms with van der Waals surface area (Å²) in [6, 6.07) is 6.09. The summed E-state index contributed by atoms with van der Waals surface area (Å²) in [5.41, 5.74) is 3.20. The lowest BCUT2D eigenvalue weighted by molar-refractivity contribution is 0.944. The number of nitrogens with zero attached hydrogens (tertiary/aromatic N) is 2. The van der Waals surface area contributed by atoms with E-state index in [4.69, 9.17) is 0 Å². The molecule has 1 aromatic heterocycles. The van der Waals surface area contributed by atoms with Crippen molar-refractivity contribution in [2.45, 2.75) is 11.4 Å². The number of hydrogen-bond donors (Lipinski definition) is 0. The van der Waals surface area contributed by atoms with Gasteiger partial charge in [-0.1, -0.05) is 40.3 Å². The molecule has 0 spiro atoms. The van der Waals surface area contributed by atoms with Gasteiger partial charge in [-0.05, 0) is 18.6 Å². The first-order valence-corrected chi connectivity index (χ1v) is 6.43. The average Bonchev–Trinajstić information content (AvgIpc) is 2.30. The minimum Gasteiger partial charge on any atom is -0.281 e. The van der Waals surface area contributed by atoms with Gasteiger partial charge in [0.2, 0.25) is 0 Å². The summed E-state index contributed by atoms with van der Waals surface area (Å²) >= 11 is 2.30. The van der Waals surface area contributed by atoms with Gasteiger partial charge in [0.15, 0.2) is 0 Å². The summed E-state index contributed by atoms with van der Waals surface area (Å²) in [6.45, 7) is 2.05. The monoisotopic (exact) mass is 326 g/mol. The fourth-order valence-electron chi connectivity index (χ4n) is 1.60. The number of halogens is 1. The number of alkyl halides is 1. The van der Waals surface area contributed by atoms with Crippen LogP contribution in [0.4, 0.5) is 0 Å². The second kappa shape index (κ2) is 4.78. The largest absolute Gasteiger partial charge is 0.281 e. The topological polar surface area (TPSA) is 34.9 Å². The Bertz CT molecular complexity index is 563. The van der Waals surface area contributed by atoms with E-state index in [1.54, 1.807) is 17.0 Å². The number of hydrogen-bond acceptors (Lipinski definition) is 2. The maximum atomic E-state index is 11.7. The Balaban J connectivity index is 2.65. The molecule has 3 nitrogen and oxygen atoms in total. The lowest BCUT2D eigenvalue weighted by Gasteiger charge is -2.10. The summed E-state index contributed by atoms with van der Waals surface area (Å²) in [4.78, 5) is 15.5. The van der Waals surface area contributed by atoms with Crippen LogP contribution in [0.5, 0.6) is 0 Å². The van der Waals surface area contributed by atoms with E-state index in [1.807, 2.05) is 12.1 Å². The van der Waals surface area contributed by atoms with E-state index in [9.17, 15) is 4.79 Å². The molecule has 0 radical (unpaired) electrons. The fraction of sp³-hybridized carbons (Fsp3) is 0.167. The Morgan fingerprint density at radius 1 is 1.44 bits per heavy atom. The highest BCUT2D eigenvalue weighted by Gasteiger charge is 2.04. The van der Waals surface area contributed by atoms with Gasteiger partial charge >= 0.3 is 0 Å². The number of rotatable bonds is 2. The molecule has 0 aliphatic carbocycles. The first kappa shape index (κ1) is 11.3. The van der Waals surface area contributed by atoms with E-state index in [2.05, 4.69) is 40.6 Å². The van der Waals surface area contributed by atoms with Crippen LogP contribution >= 0.6 is 22.6 Å². The third-order valence-corrected chi connectivity index (χ3v) is 3.18. The number of aryl methyl sites for hydroxylation is 1. The van der Waals surface area contributed by atoms with Crippen LogP contribution in [0.15, 0.2) is 41.6 Å². The summed E-state index contributed by atoms with van der Waals surface area (Å²) in [7, 11) is 0. The Morgan fingerprint density at radius 3 is 2.94 bits per heavy atom. The molecule has 0 aliphatic rings. The number of benzene rings is 1. The van der Waals surface area contributed by atoms with E-state index in [-0.39, 0.29) is 5.56 Å². The maximum Gasteiger partial charge on any atom is 0.273 e. The number of aromatic nitrogens is 2. The predicted octanol–water partition coefficient (Wildman–Crippen LogP) is 2.48. The molecule has 0 saturated heterocycles. The Hall–Kier alpha value is -1.17. The SMILES string of the molecule is Cc1ccc(-n2ccncc2=O)c(CI)c1. The van der Waals surface area contributed by atoms with Gasteiger partial charge in [0.05, 0.1) is 11.9 Å². The highest BCUT2D eigenvalue weighted by molar-refractivity contribution is 14.1. The van der Waals surface area contributed by atoms with Gasteiger partial charge < -0.3 is 0 Å². The zero-order chi connectivity index (χ0) is 11.5. The molecule has 0 aliphatic heterocycles. The summed E-state index contributed by atoms with van der Waals surface area (Å²) in [6.07, 6.45) is 4.65. The van der Waals surface area contributed by atoms with Crippen molar-refractivity contribution in [2.75, 3.05) is 0 Å². The molecule has 1 aromatic carbocycles. The van der Waals surface area contributed by atoms with Crippen molar-refractivity contribution in [3.05, 3.63) is 58.3 Å². The summed E-state index contributed by atoms with van der Waals surface area (Å²) in [5, 5.41) is 0. The average molecular weight is 326 g/mol. The predicted molar refractivity (Wildman–Crippen MR) is 72.3 cm³/mol. The fourth-order valence-corrected chi connectivity index (χ4v) is 2.21. The highest BCUT2D eigenvalue weighted by atomic mass is 127. The quantitative estimate of drug-likeness (QED) is 0.628. The van der Waals surface area contributed by atoms with Crippen molar-refractivity contribution in [1.29, 1.82) is 0 Å². The molecule has 0 amide bonds. The minimum absolute atomic E-state index is 0.0996. The van der Waals surface area contributed by atoms with E-state index in [0.29, 0.717) is 0 Å². The first-order valence-electron chi connectivity index (χ1n) is 4.91. The lowest BCUT2D eigenvalue weighted by Crippen LogP contribution is -2.18. The van der Waals surface area contributed by atoms with Crippen molar-refractivity contribution >= 4 is 22.6 Å².